The number of anilines is 1. The second kappa shape index (κ2) is 7.45. The molecule has 0 saturated carbocycles. The van der Waals surface area contributed by atoms with Crippen molar-refractivity contribution in [3.63, 3.8) is 0 Å². The molecule has 2 aromatic carbocycles. The van der Waals surface area contributed by atoms with E-state index in [0.29, 0.717) is 22.7 Å². The maximum absolute atomic E-state index is 11.7. The maximum atomic E-state index is 11.7. The topological polar surface area (TPSA) is 70.9 Å². The van der Waals surface area contributed by atoms with Gasteiger partial charge in [0.05, 0.1) is 12.8 Å². The minimum Gasteiger partial charge on any atom is -0.504 e. The molecule has 0 radical (unpaired) electrons. The number of ether oxygens (including phenoxy) is 1. The highest BCUT2D eigenvalue weighted by Gasteiger charge is 2.07. The number of carbonyl (C=O) groups excluding carboxylic acids is 1. The third-order valence-corrected chi connectivity index (χ3v) is 3.24. The van der Waals surface area contributed by atoms with Crippen molar-refractivity contribution in [2.75, 3.05) is 12.4 Å². The molecule has 0 aliphatic heterocycles. The van der Waals surface area contributed by atoms with Gasteiger partial charge in [-0.25, -0.2) is 0 Å². The summed E-state index contributed by atoms with van der Waals surface area (Å²) in [4.78, 5) is 16.1. The molecule has 0 saturated heterocycles. The summed E-state index contributed by atoms with van der Waals surface area (Å²) < 4.78 is 5.06. The van der Waals surface area contributed by atoms with Crippen molar-refractivity contribution in [2.24, 2.45) is 10.9 Å². The van der Waals surface area contributed by atoms with Crippen molar-refractivity contribution in [1.82, 2.24) is 0 Å². The van der Waals surface area contributed by atoms with Gasteiger partial charge in [0.2, 0.25) is 5.91 Å². The average molecular weight is 312 g/mol. The summed E-state index contributed by atoms with van der Waals surface area (Å²) in [7, 11) is 1.50. The molecule has 0 aromatic heterocycles. The van der Waals surface area contributed by atoms with Crippen molar-refractivity contribution in [2.45, 2.75) is 13.8 Å². The summed E-state index contributed by atoms with van der Waals surface area (Å²) in [6, 6.07) is 12.4. The highest BCUT2D eigenvalue weighted by molar-refractivity contribution is 5.92. The van der Waals surface area contributed by atoms with Crippen LogP contribution < -0.4 is 10.1 Å². The molecule has 0 aliphatic rings. The summed E-state index contributed by atoms with van der Waals surface area (Å²) in [5.41, 5.74) is 1.92. The van der Waals surface area contributed by atoms with Crippen LogP contribution in [-0.2, 0) is 4.79 Å². The molecule has 0 bridgehead atoms. The fourth-order valence-corrected chi connectivity index (χ4v) is 1.90. The Morgan fingerprint density at radius 3 is 2.70 bits per heavy atom. The quantitative estimate of drug-likeness (QED) is 0.826. The number of para-hydroxylation sites is 1. The molecule has 23 heavy (non-hydrogen) atoms. The lowest BCUT2D eigenvalue weighted by atomic mass is 10.2. The minimum absolute atomic E-state index is 0.0445. The molecule has 120 valence electrons. The number of nitrogens with zero attached hydrogens (tertiary/aromatic N) is 1. The van der Waals surface area contributed by atoms with Gasteiger partial charge in [-0.2, -0.15) is 0 Å². The summed E-state index contributed by atoms with van der Waals surface area (Å²) in [5, 5.41) is 12.9. The highest BCUT2D eigenvalue weighted by Crippen LogP contribution is 2.28. The smallest absolute Gasteiger partial charge is 0.226 e. The first-order chi connectivity index (χ1) is 11.0. The van der Waals surface area contributed by atoms with Crippen molar-refractivity contribution in [3.8, 4) is 11.5 Å². The molecule has 0 heterocycles. The van der Waals surface area contributed by atoms with Gasteiger partial charge in [0.15, 0.2) is 11.5 Å². The van der Waals surface area contributed by atoms with Gasteiger partial charge in [-0.15, -0.1) is 0 Å². The number of hydrogen-bond acceptors (Lipinski definition) is 4. The summed E-state index contributed by atoms with van der Waals surface area (Å²) >= 11 is 0. The third kappa shape index (κ3) is 4.32. The van der Waals surface area contributed by atoms with Crippen LogP contribution in [0.15, 0.2) is 47.5 Å². The van der Waals surface area contributed by atoms with Crippen LogP contribution >= 0.6 is 0 Å². The molecule has 2 rings (SSSR count). The van der Waals surface area contributed by atoms with Gasteiger partial charge in [-0.05, 0) is 30.3 Å². The van der Waals surface area contributed by atoms with Crippen LogP contribution in [0, 0.1) is 5.92 Å². The van der Waals surface area contributed by atoms with Gasteiger partial charge in [0.1, 0.15) is 0 Å². The molecular formula is C18H20N2O3. The summed E-state index contributed by atoms with van der Waals surface area (Å²) in [6.45, 7) is 3.67. The number of rotatable bonds is 5. The third-order valence-electron chi connectivity index (χ3n) is 3.24. The van der Waals surface area contributed by atoms with Crippen molar-refractivity contribution >= 4 is 23.5 Å². The largest absolute Gasteiger partial charge is 0.504 e. The number of methoxy groups -OCH3 is 1. The van der Waals surface area contributed by atoms with Crippen LogP contribution in [0.5, 0.6) is 11.5 Å². The Morgan fingerprint density at radius 2 is 2.00 bits per heavy atom. The second-order valence-electron chi connectivity index (χ2n) is 5.35. The molecule has 2 N–H and O–H groups in total. The Labute approximate surface area is 135 Å². The number of aromatic hydroxyl groups is 1. The fraction of sp³-hybridized carbons (Fsp3) is 0.222. The minimum atomic E-state index is -0.0871. The van der Waals surface area contributed by atoms with E-state index < -0.39 is 0 Å². The molecule has 5 nitrogen and oxygen atoms in total. The van der Waals surface area contributed by atoms with Crippen LogP contribution in [0.25, 0.3) is 0 Å². The number of benzene rings is 2. The van der Waals surface area contributed by atoms with Crippen molar-refractivity contribution in [1.29, 1.82) is 0 Å². The summed E-state index contributed by atoms with van der Waals surface area (Å²) in [6.07, 6.45) is 1.56. The first-order valence-corrected chi connectivity index (χ1v) is 7.32. The van der Waals surface area contributed by atoms with E-state index in [2.05, 4.69) is 10.3 Å². The standard InChI is InChI=1S/C18H20N2O3/c1-12(2)18(22)20-15-8-5-7-14(10-15)19-11-13-6-4-9-16(23-3)17(13)21/h4-12,21H,1-3H3,(H,20,22). The van der Waals surface area contributed by atoms with E-state index in [1.54, 1.807) is 30.5 Å². The van der Waals surface area contributed by atoms with Crippen LogP contribution in [0.3, 0.4) is 0 Å². The van der Waals surface area contributed by atoms with Gasteiger partial charge in [-0.3, -0.25) is 9.79 Å². The molecule has 5 heteroatoms. The molecule has 2 aromatic rings. The lowest BCUT2D eigenvalue weighted by molar-refractivity contribution is -0.118. The number of carbonyl (C=O) groups is 1. The zero-order valence-corrected chi connectivity index (χ0v) is 13.4. The number of phenols is 1. The molecular weight excluding hydrogens is 292 g/mol. The fourth-order valence-electron chi connectivity index (χ4n) is 1.90. The Morgan fingerprint density at radius 1 is 1.26 bits per heavy atom. The second-order valence-corrected chi connectivity index (χ2v) is 5.35. The molecule has 0 spiro atoms. The van der Waals surface area contributed by atoms with Gasteiger partial charge < -0.3 is 15.2 Å². The average Bonchev–Trinajstić information content (AvgIpc) is 2.54. The van der Waals surface area contributed by atoms with E-state index in [9.17, 15) is 9.90 Å². The van der Waals surface area contributed by atoms with E-state index in [4.69, 9.17) is 4.74 Å². The van der Waals surface area contributed by atoms with E-state index in [1.165, 1.54) is 7.11 Å². The van der Waals surface area contributed by atoms with E-state index in [-0.39, 0.29) is 17.6 Å². The lowest BCUT2D eigenvalue weighted by Gasteiger charge is -2.08. The number of phenolic OH excluding ortho intramolecular Hbond substituents is 1. The van der Waals surface area contributed by atoms with Gasteiger partial charge in [0.25, 0.3) is 0 Å². The van der Waals surface area contributed by atoms with E-state index >= 15 is 0 Å². The summed E-state index contributed by atoms with van der Waals surface area (Å²) in [5.74, 6) is 0.308. The van der Waals surface area contributed by atoms with Gasteiger partial charge in [0, 0.05) is 23.4 Å². The molecule has 1 amide bonds. The predicted molar refractivity (Wildman–Crippen MR) is 91.8 cm³/mol. The van der Waals surface area contributed by atoms with E-state index in [1.807, 2.05) is 32.0 Å². The van der Waals surface area contributed by atoms with Gasteiger partial charge in [-0.1, -0.05) is 26.0 Å². The lowest BCUT2D eigenvalue weighted by Crippen LogP contribution is -2.17. The molecule has 0 fully saturated rings. The normalized spacial score (nSPS) is 11.0. The first-order valence-electron chi connectivity index (χ1n) is 7.32. The highest BCUT2D eigenvalue weighted by atomic mass is 16.5. The van der Waals surface area contributed by atoms with E-state index in [0.717, 1.165) is 0 Å². The predicted octanol–water partition coefficient (Wildman–Crippen LogP) is 3.75. The Hall–Kier alpha value is -2.82. The Balaban J connectivity index is 2.19. The number of nitrogens with one attached hydrogen (secondary N) is 1. The zero-order chi connectivity index (χ0) is 16.8. The molecule has 0 aliphatic carbocycles. The number of aliphatic imine (C=N–C) groups is 1. The van der Waals surface area contributed by atoms with Crippen LogP contribution in [-0.4, -0.2) is 24.3 Å². The number of hydrogen-bond donors (Lipinski definition) is 2. The molecule has 0 atom stereocenters. The maximum Gasteiger partial charge on any atom is 0.226 e. The number of amides is 1. The first kappa shape index (κ1) is 16.5. The Kier molecular flexibility index (Phi) is 5.36. The SMILES string of the molecule is COc1cccc(C=Nc2cccc(NC(=O)C(C)C)c2)c1O. The monoisotopic (exact) mass is 312 g/mol. The molecule has 0 unspecified atom stereocenters. The van der Waals surface area contributed by atoms with Crippen molar-refractivity contribution < 1.29 is 14.6 Å². The van der Waals surface area contributed by atoms with Crippen LogP contribution in [0.4, 0.5) is 11.4 Å². The van der Waals surface area contributed by atoms with Crippen molar-refractivity contribution in [3.05, 3.63) is 48.0 Å². The van der Waals surface area contributed by atoms with Crippen LogP contribution in [0.2, 0.25) is 0 Å². The zero-order valence-electron chi connectivity index (χ0n) is 13.4. The van der Waals surface area contributed by atoms with Gasteiger partial charge >= 0.3 is 0 Å². The Bertz CT molecular complexity index is 724. The van der Waals surface area contributed by atoms with Crippen LogP contribution in [0.1, 0.15) is 19.4 Å².